The second-order valence-electron chi connectivity index (χ2n) is 5.61. The van der Waals surface area contributed by atoms with Crippen LogP contribution in [0.4, 0.5) is 11.4 Å². The van der Waals surface area contributed by atoms with Crippen LogP contribution < -0.4 is 10.2 Å². The van der Waals surface area contributed by atoms with Crippen molar-refractivity contribution in [2.24, 2.45) is 0 Å². The van der Waals surface area contributed by atoms with Crippen LogP contribution in [-0.2, 0) is 6.42 Å². The summed E-state index contributed by atoms with van der Waals surface area (Å²) in [5.74, 6) is 0. The zero-order chi connectivity index (χ0) is 13.7. The van der Waals surface area contributed by atoms with Gasteiger partial charge in [0.25, 0.3) is 0 Å². The molecule has 0 radical (unpaired) electrons. The molecule has 2 rings (SSSR count). The summed E-state index contributed by atoms with van der Waals surface area (Å²) in [6.45, 7) is 6.74. The summed E-state index contributed by atoms with van der Waals surface area (Å²) in [5, 5.41) is 3.48. The number of fused-ring (bicyclic) bond motifs is 1. The standard InChI is InChI=1S/C16H27N3/c1-4-19(12-6-11-18(2)3)15-8-9-16-14(13-15)7-5-10-17-16/h8-9,13,17H,4-7,10-12H2,1-3H3. The molecule has 0 amide bonds. The lowest BCUT2D eigenvalue weighted by atomic mass is 10.0. The molecule has 19 heavy (non-hydrogen) atoms. The van der Waals surface area contributed by atoms with E-state index in [9.17, 15) is 0 Å². The number of aryl methyl sites for hydroxylation is 1. The fraction of sp³-hybridized carbons (Fsp3) is 0.625. The first kappa shape index (κ1) is 14.2. The van der Waals surface area contributed by atoms with Gasteiger partial charge in [-0.2, -0.15) is 0 Å². The van der Waals surface area contributed by atoms with E-state index in [2.05, 4.69) is 54.3 Å². The van der Waals surface area contributed by atoms with Gasteiger partial charge < -0.3 is 15.1 Å². The number of benzene rings is 1. The number of nitrogens with zero attached hydrogens (tertiary/aromatic N) is 2. The first-order chi connectivity index (χ1) is 9.20. The van der Waals surface area contributed by atoms with E-state index in [1.54, 1.807) is 0 Å². The van der Waals surface area contributed by atoms with Gasteiger partial charge in [0.05, 0.1) is 0 Å². The first-order valence-electron chi connectivity index (χ1n) is 7.47. The van der Waals surface area contributed by atoms with Crippen molar-refractivity contribution in [3.05, 3.63) is 23.8 Å². The highest BCUT2D eigenvalue weighted by Crippen LogP contribution is 2.27. The predicted octanol–water partition coefficient (Wildman–Crippen LogP) is 2.82. The molecule has 1 aromatic rings. The van der Waals surface area contributed by atoms with E-state index in [1.807, 2.05) is 0 Å². The topological polar surface area (TPSA) is 18.5 Å². The molecule has 3 nitrogen and oxygen atoms in total. The fourth-order valence-electron chi connectivity index (χ4n) is 2.71. The smallest absolute Gasteiger partial charge is 0.0374 e. The summed E-state index contributed by atoms with van der Waals surface area (Å²) in [7, 11) is 4.28. The number of hydrogen-bond acceptors (Lipinski definition) is 3. The van der Waals surface area contributed by atoms with Gasteiger partial charge >= 0.3 is 0 Å². The lowest BCUT2D eigenvalue weighted by Crippen LogP contribution is -2.27. The molecule has 1 aliphatic heterocycles. The van der Waals surface area contributed by atoms with Gasteiger partial charge in [-0.3, -0.25) is 0 Å². The molecule has 0 bridgehead atoms. The number of rotatable bonds is 6. The van der Waals surface area contributed by atoms with E-state index in [-0.39, 0.29) is 0 Å². The molecule has 1 aliphatic rings. The van der Waals surface area contributed by atoms with Crippen molar-refractivity contribution < 1.29 is 0 Å². The Labute approximate surface area is 117 Å². The van der Waals surface area contributed by atoms with Gasteiger partial charge in [0.15, 0.2) is 0 Å². The molecule has 0 aliphatic carbocycles. The zero-order valence-electron chi connectivity index (χ0n) is 12.6. The van der Waals surface area contributed by atoms with E-state index in [0.29, 0.717) is 0 Å². The Balaban J connectivity index is 2.01. The quantitative estimate of drug-likeness (QED) is 0.849. The third-order valence-electron chi connectivity index (χ3n) is 3.81. The van der Waals surface area contributed by atoms with E-state index in [1.165, 1.54) is 36.2 Å². The maximum atomic E-state index is 3.48. The summed E-state index contributed by atoms with van der Waals surface area (Å²) in [6.07, 6.45) is 3.69. The summed E-state index contributed by atoms with van der Waals surface area (Å²) in [5.41, 5.74) is 4.19. The van der Waals surface area contributed by atoms with Gasteiger partial charge in [-0.05, 0) is 70.6 Å². The average Bonchev–Trinajstić information content (AvgIpc) is 2.43. The molecular weight excluding hydrogens is 234 g/mol. The molecule has 1 N–H and O–H groups in total. The average molecular weight is 261 g/mol. The Morgan fingerprint density at radius 2 is 2.05 bits per heavy atom. The second kappa shape index (κ2) is 6.80. The van der Waals surface area contributed by atoms with E-state index in [4.69, 9.17) is 0 Å². The molecule has 0 unspecified atom stereocenters. The molecule has 1 heterocycles. The van der Waals surface area contributed by atoms with Gasteiger partial charge in [-0.25, -0.2) is 0 Å². The van der Waals surface area contributed by atoms with Crippen LogP contribution in [0.1, 0.15) is 25.3 Å². The summed E-state index contributed by atoms with van der Waals surface area (Å²) in [6, 6.07) is 6.88. The van der Waals surface area contributed by atoms with Gasteiger partial charge in [0.2, 0.25) is 0 Å². The molecule has 0 spiro atoms. The maximum Gasteiger partial charge on any atom is 0.0374 e. The highest BCUT2D eigenvalue weighted by molar-refractivity contribution is 5.61. The van der Waals surface area contributed by atoms with Crippen molar-refractivity contribution in [2.45, 2.75) is 26.2 Å². The Morgan fingerprint density at radius 3 is 2.79 bits per heavy atom. The molecular formula is C16H27N3. The van der Waals surface area contributed by atoms with Crippen molar-refractivity contribution in [1.29, 1.82) is 0 Å². The van der Waals surface area contributed by atoms with Crippen LogP contribution in [0.2, 0.25) is 0 Å². The van der Waals surface area contributed by atoms with Crippen LogP contribution >= 0.6 is 0 Å². The van der Waals surface area contributed by atoms with Gasteiger partial charge in [-0.15, -0.1) is 0 Å². The van der Waals surface area contributed by atoms with E-state index < -0.39 is 0 Å². The van der Waals surface area contributed by atoms with Crippen LogP contribution in [0.3, 0.4) is 0 Å². The molecule has 0 fully saturated rings. The van der Waals surface area contributed by atoms with Gasteiger partial charge in [0, 0.05) is 31.0 Å². The Hall–Kier alpha value is -1.22. The minimum Gasteiger partial charge on any atom is -0.385 e. The Morgan fingerprint density at radius 1 is 1.21 bits per heavy atom. The van der Waals surface area contributed by atoms with Crippen LogP contribution in [0.5, 0.6) is 0 Å². The van der Waals surface area contributed by atoms with Crippen molar-refractivity contribution >= 4 is 11.4 Å². The van der Waals surface area contributed by atoms with Crippen molar-refractivity contribution in [2.75, 3.05) is 50.5 Å². The lowest BCUT2D eigenvalue weighted by Gasteiger charge is -2.26. The highest BCUT2D eigenvalue weighted by Gasteiger charge is 2.11. The summed E-state index contributed by atoms with van der Waals surface area (Å²) in [4.78, 5) is 4.74. The first-order valence-corrected chi connectivity index (χ1v) is 7.47. The maximum absolute atomic E-state index is 3.48. The minimum atomic E-state index is 1.08. The zero-order valence-corrected chi connectivity index (χ0v) is 12.6. The van der Waals surface area contributed by atoms with Crippen molar-refractivity contribution in [3.63, 3.8) is 0 Å². The summed E-state index contributed by atoms with van der Waals surface area (Å²) < 4.78 is 0. The largest absolute Gasteiger partial charge is 0.385 e. The van der Waals surface area contributed by atoms with Crippen LogP contribution in [0.15, 0.2) is 18.2 Å². The molecule has 3 heteroatoms. The van der Waals surface area contributed by atoms with E-state index >= 15 is 0 Å². The van der Waals surface area contributed by atoms with Gasteiger partial charge in [-0.1, -0.05) is 0 Å². The Kier molecular flexibility index (Phi) is 5.08. The molecule has 1 aromatic carbocycles. The monoisotopic (exact) mass is 261 g/mol. The lowest BCUT2D eigenvalue weighted by molar-refractivity contribution is 0.400. The van der Waals surface area contributed by atoms with E-state index in [0.717, 1.165) is 26.2 Å². The van der Waals surface area contributed by atoms with Crippen LogP contribution in [-0.4, -0.2) is 45.2 Å². The molecule has 0 saturated heterocycles. The molecule has 0 saturated carbocycles. The number of anilines is 2. The molecule has 0 aromatic heterocycles. The number of hydrogen-bond donors (Lipinski definition) is 1. The SMILES string of the molecule is CCN(CCCN(C)C)c1ccc2c(c1)CCCN2. The normalized spacial score (nSPS) is 14.1. The van der Waals surface area contributed by atoms with Crippen LogP contribution in [0, 0.1) is 0 Å². The third-order valence-corrected chi connectivity index (χ3v) is 3.81. The molecule has 106 valence electrons. The molecule has 0 atom stereocenters. The van der Waals surface area contributed by atoms with Crippen LogP contribution in [0.25, 0.3) is 0 Å². The minimum absolute atomic E-state index is 1.08. The third kappa shape index (κ3) is 3.87. The van der Waals surface area contributed by atoms with Crippen molar-refractivity contribution in [3.8, 4) is 0 Å². The Bertz CT molecular complexity index is 401. The highest BCUT2D eigenvalue weighted by atomic mass is 15.1. The van der Waals surface area contributed by atoms with Gasteiger partial charge in [0.1, 0.15) is 0 Å². The number of nitrogens with one attached hydrogen (secondary N) is 1. The van der Waals surface area contributed by atoms with Crippen molar-refractivity contribution in [1.82, 2.24) is 4.90 Å². The second-order valence-corrected chi connectivity index (χ2v) is 5.61. The summed E-state index contributed by atoms with van der Waals surface area (Å²) >= 11 is 0. The fourth-order valence-corrected chi connectivity index (χ4v) is 2.71. The predicted molar refractivity (Wildman–Crippen MR) is 84.3 cm³/mol.